The summed E-state index contributed by atoms with van der Waals surface area (Å²) in [5.41, 5.74) is -0.0941. The van der Waals surface area contributed by atoms with E-state index < -0.39 is 5.67 Å². The van der Waals surface area contributed by atoms with Gasteiger partial charge in [0.05, 0.1) is 0 Å². The zero-order valence-corrected chi connectivity index (χ0v) is 10.5. The van der Waals surface area contributed by atoms with E-state index in [4.69, 9.17) is 23.2 Å². The van der Waals surface area contributed by atoms with Crippen molar-refractivity contribution in [3.63, 3.8) is 0 Å². The molecule has 0 aliphatic carbocycles. The van der Waals surface area contributed by atoms with E-state index in [0.29, 0.717) is 29.8 Å². The molecule has 1 saturated heterocycles. The second-order valence-electron chi connectivity index (χ2n) is 4.49. The Balaban J connectivity index is 2.05. The van der Waals surface area contributed by atoms with Crippen molar-refractivity contribution in [1.29, 1.82) is 0 Å². The molecule has 0 saturated carbocycles. The van der Waals surface area contributed by atoms with Crippen LogP contribution in [0.25, 0.3) is 0 Å². The molecule has 2 nitrogen and oxygen atoms in total. The Morgan fingerprint density at radius 3 is 2.56 bits per heavy atom. The minimum Gasteiger partial charge on any atom is -0.296 e. The van der Waals surface area contributed by atoms with Crippen LogP contribution in [-0.2, 0) is 6.54 Å². The Labute approximate surface area is 104 Å². The lowest BCUT2D eigenvalue weighted by atomic mass is 10.1. The average molecular weight is 263 g/mol. The van der Waals surface area contributed by atoms with Crippen LogP contribution in [0.5, 0.6) is 0 Å². The van der Waals surface area contributed by atoms with E-state index in [1.807, 2.05) is 0 Å². The maximum absolute atomic E-state index is 13.6. The number of hydrogen-bond donors (Lipinski definition) is 0. The summed E-state index contributed by atoms with van der Waals surface area (Å²) in [6.07, 6.45) is 0.583. The molecule has 1 unspecified atom stereocenters. The average Bonchev–Trinajstić information content (AvgIpc) is 2.43. The van der Waals surface area contributed by atoms with E-state index in [0.717, 1.165) is 12.1 Å². The summed E-state index contributed by atoms with van der Waals surface area (Å²) in [6, 6.07) is 3.53. The number of hydrogen-bond acceptors (Lipinski definition) is 2. The van der Waals surface area contributed by atoms with Gasteiger partial charge in [-0.25, -0.2) is 9.37 Å². The Morgan fingerprint density at radius 1 is 1.44 bits per heavy atom. The number of pyridine rings is 1. The van der Waals surface area contributed by atoms with Gasteiger partial charge in [-0.1, -0.05) is 23.2 Å². The Kier molecular flexibility index (Phi) is 3.38. The van der Waals surface area contributed by atoms with Gasteiger partial charge in [-0.15, -0.1) is 0 Å². The number of aromatic nitrogens is 1. The van der Waals surface area contributed by atoms with Crippen LogP contribution >= 0.6 is 23.2 Å². The summed E-state index contributed by atoms with van der Waals surface area (Å²) in [5.74, 6) is 0. The molecule has 1 atom stereocenters. The molecule has 5 heteroatoms. The van der Waals surface area contributed by atoms with Crippen LogP contribution in [0.1, 0.15) is 18.9 Å². The zero-order valence-electron chi connectivity index (χ0n) is 9.01. The van der Waals surface area contributed by atoms with E-state index in [2.05, 4.69) is 9.88 Å². The van der Waals surface area contributed by atoms with Crippen LogP contribution < -0.4 is 0 Å². The summed E-state index contributed by atoms with van der Waals surface area (Å²) in [7, 11) is 0. The standard InChI is InChI=1S/C11H13Cl2FN2/c1-11(14)2-3-16(7-11)6-8-4-9(12)15-10(13)5-8/h4-5H,2-3,6-7H2,1H3. The van der Waals surface area contributed by atoms with Gasteiger partial charge in [0.2, 0.25) is 0 Å². The summed E-state index contributed by atoms with van der Waals surface area (Å²) >= 11 is 11.6. The second-order valence-corrected chi connectivity index (χ2v) is 5.27. The van der Waals surface area contributed by atoms with E-state index in [-0.39, 0.29) is 0 Å². The highest BCUT2D eigenvalue weighted by Gasteiger charge is 2.33. The van der Waals surface area contributed by atoms with Gasteiger partial charge < -0.3 is 0 Å². The van der Waals surface area contributed by atoms with Gasteiger partial charge in [0, 0.05) is 19.6 Å². The summed E-state index contributed by atoms with van der Waals surface area (Å²) < 4.78 is 13.6. The molecule has 2 heterocycles. The smallest absolute Gasteiger partial charge is 0.131 e. The first-order valence-electron chi connectivity index (χ1n) is 5.18. The highest BCUT2D eigenvalue weighted by Crippen LogP contribution is 2.26. The minimum atomic E-state index is -1.07. The largest absolute Gasteiger partial charge is 0.296 e. The van der Waals surface area contributed by atoms with Gasteiger partial charge in [0.15, 0.2) is 0 Å². The van der Waals surface area contributed by atoms with Gasteiger partial charge >= 0.3 is 0 Å². The maximum atomic E-state index is 13.6. The fourth-order valence-corrected chi connectivity index (χ4v) is 2.52. The van der Waals surface area contributed by atoms with Crippen molar-refractivity contribution < 1.29 is 4.39 Å². The van der Waals surface area contributed by atoms with E-state index in [1.54, 1.807) is 19.1 Å². The van der Waals surface area contributed by atoms with Crippen LogP contribution in [0.3, 0.4) is 0 Å². The normalized spacial score (nSPS) is 26.2. The molecule has 0 bridgehead atoms. The third-order valence-corrected chi connectivity index (χ3v) is 3.12. The van der Waals surface area contributed by atoms with Crippen LogP contribution in [0.15, 0.2) is 12.1 Å². The Morgan fingerprint density at radius 2 is 2.06 bits per heavy atom. The predicted molar refractivity (Wildman–Crippen MR) is 63.7 cm³/mol. The van der Waals surface area contributed by atoms with Crippen molar-refractivity contribution in [2.75, 3.05) is 13.1 Å². The maximum Gasteiger partial charge on any atom is 0.131 e. The molecule has 0 amide bonds. The molecule has 1 aliphatic rings. The number of nitrogens with zero attached hydrogens (tertiary/aromatic N) is 2. The van der Waals surface area contributed by atoms with E-state index in [9.17, 15) is 4.39 Å². The molecule has 1 fully saturated rings. The quantitative estimate of drug-likeness (QED) is 0.761. The van der Waals surface area contributed by atoms with Gasteiger partial charge in [0.1, 0.15) is 16.0 Å². The lowest BCUT2D eigenvalue weighted by molar-refractivity contribution is 0.186. The Hall–Kier alpha value is -0.380. The molecular weight excluding hydrogens is 250 g/mol. The van der Waals surface area contributed by atoms with Gasteiger partial charge in [0.25, 0.3) is 0 Å². The van der Waals surface area contributed by atoms with Crippen molar-refractivity contribution >= 4 is 23.2 Å². The highest BCUT2D eigenvalue weighted by molar-refractivity contribution is 6.32. The minimum absolute atomic E-state index is 0.379. The van der Waals surface area contributed by atoms with Gasteiger partial charge in [-0.3, -0.25) is 4.90 Å². The lowest BCUT2D eigenvalue weighted by Gasteiger charge is -2.17. The second kappa shape index (κ2) is 4.47. The number of halogens is 3. The number of alkyl halides is 1. The lowest BCUT2D eigenvalue weighted by Crippen LogP contribution is -2.25. The van der Waals surface area contributed by atoms with Gasteiger partial charge in [-0.05, 0) is 31.0 Å². The third kappa shape index (κ3) is 3.06. The zero-order chi connectivity index (χ0) is 11.8. The van der Waals surface area contributed by atoms with Gasteiger partial charge in [-0.2, -0.15) is 0 Å². The first kappa shape index (κ1) is 12.1. The highest BCUT2D eigenvalue weighted by atomic mass is 35.5. The molecule has 88 valence electrons. The van der Waals surface area contributed by atoms with Crippen molar-refractivity contribution in [1.82, 2.24) is 9.88 Å². The number of rotatable bonds is 2. The van der Waals surface area contributed by atoms with Crippen molar-refractivity contribution in [2.45, 2.75) is 25.6 Å². The molecule has 0 spiro atoms. The topological polar surface area (TPSA) is 16.1 Å². The van der Waals surface area contributed by atoms with Crippen molar-refractivity contribution in [3.05, 3.63) is 28.0 Å². The van der Waals surface area contributed by atoms with Crippen LogP contribution in [0.2, 0.25) is 10.3 Å². The molecule has 1 aliphatic heterocycles. The predicted octanol–water partition coefficient (Wildman–Crippen LogP) is 3.32. The third-order valence-electron chi connectivity index (χ3n) is 2.73. The molecule has 1 aromatic rings. The molecule has 0 N–H and O–H groups in total. The molecular formula is C11H13Cl2FN2. The van der Waals surface area contributed by atoms with Crippen LogP contribution in [-0.4, -0.2) is 28.6 Å². The number of likely N-dealkylation sites (tertiary alicyclic amines) is 1. The van der Waals surface area contributed by atoms with Crippen LogP contribution in [0, 0.1) is 0 Å². The molecule has 2 rings (SSSR count). The van der Waals surface area contributed by atoms with E-state index in [1.165, 1.54) is 0 Å². The van der Waals surface area contributed by atoms with Crippen LogP contribution in [0.4, 0.5) is 4.39 Å². The SMILES string of the molecule is CC1(F)CCN(Cc2cc(Cl)nc(Cl)c2)C1. The van der Waals surface area contributed by atoms with E-state index >= 15 is 0 Å². The molecule has 1 aromatic heterocycles. The summed E-state index contributed by atoms with van der Waals surface area (Å²) in [6.45, 7) is 3.54. The fraction of sp³-hybridized carbons (Fsp3) is 0.545. The summed E-state index contributed by atoms with van der Waals surface area (Å²) in [4.78, 5) is 5.93. The fourth-order valence-electron chi connectivity index (χ4n) is 2.01. The molecule has 0 aromatic carbocycles. The first-order chi connectivity index (χ1) is 7.44. The monoisotopic (exact) mass is 262 g/mol. The molecule has 16 heavy (non-hydrogen) atoms. The van der Waals surface area contributed by atoms with Crippen molar-refractivity contribution in [3.8, 4) is 0 Å². The Bertz CT molecular complexity index is 375. The van der Waals surface area contributed by atoms with Crippen molar-refractivity contribution in [2.24, 2.45) is 0 Å². The first-order valence-corrected chi connectivity index (χ1v) is 5.93. The summed E-state index contributed by atoms with van der Waals surface area (Å²) in [5, 5.41) is 0.759. The molecule has 0 radical (unpaired) electrons.